The molecule has 0 spiro atoms. The molecule has 4 nitrogen and oxygen atoms in total. The van der Waals surface area contributed by atoms with Gasteiger partial charge in [-0.1, -0.05) is 11.3 Å². The first-order chi connectivity index (χ1) is 7.61. The van der Waals surface area contributed by atoms with Gasteiger partial charge in [0.05, 0.1) is 21.6 Å². The first kappa shape index (κ1) is 11.6. The fourth-order valence-electron chi connectivity index (χ4n) is 1.35. The minimum Gasteiger partial charge on any atom is -0.311 e. The summed E-state index contributed by atoms with van der Waals surface area (Å²) in [4.78, 5) is 5.55. The predicted octanol–water partition coefficient (Wildman–Crippen LogP) is 2.56. The number of hydrogen-bond acceptors (Lipinski definition) is 6. The van der Waals surface area contributed by atoms with Crippen LogP contribution >= 0.6 is 22.7 Å². The molecule has 86 valence electrons. The van der Waals surface area contributed by atoms with E-state index in [-0.39, 0.29) is 6.04 Å². The van der Waals surface area contributed by atoms with E-state index in [1.54, 1.807) is 22.7 Å². The monoisotopic (exact) mass is 254 g/mol. The van der Waals surface area contributed by atoms with Crippen LogP contribution in [0.25, 0.3) is 9.88 Å². The van der Waals surface area contributed by atoms with Crippen LogP contribution in [0.5, 0.6) is 0 Å². The van der Waals surface area contributed by atoms with E-state index in [4.69, 9.17) is 0 Å². The fourth-order valence-corrected chi connectivity index (χ4v) is 3.30. The largest absolute Gasteiger partial charge is 0.311 e. The van der Waals surface area contributed by atoms with E-state index in [1.165, 1.54) is 0 Å². The minimum atomic E-state index is 0.251. The number of aryl methyl sites for hydroxylation is 2. The Labute approximate surface area is 103 Å². The molecule has 0 aliphatic rings. The van der Waals surface area contributed by atoms with Gasteiger partial charge >= 0.3 is 0 Å². The maximum Gasteiger partial charge on any atom is 0.159 e. The average molecular weight is 254 g/mol. The molecular formula is C10H14N4S2. The Bertz CT molecular complexity index is 489. The molecule has 0 radical (unpaired) electrons. The van der Waals surface area contributed by atoms with Crippen molar-refractivity contribution in [3.8, 4) is 9.88 Å². The van der Waals surface area contributed by atoms with Gasteiger partial charge in [0.25, 0.3) is 0 Å². The molecule has 16 heavy (non-hydrogen) atoms. The summed E-state index contributed by atoms with van der Waals surface area (Å²) in [5, 5.41) is 14.7. The van der Waals surface area contributed by atoms with Crippen molar-refractivity contribution in [2.75, 3.05) is 7.05 Å². The molecule has 2 aromatic heterocycles. The quantitative estimate of drug-likeness (QED) is 0.914. The summed E-state index contributed by atoms with van der Waals surface area (Å²) in [6, 6.07) is 0.251. The van der Waals surface area contributed by atoms with Gasteiger partial charge in [-0.3, -0.25) is 0 Å². The summed E-state index contributed by atoms with van der Waals surface area (Å²) in [6.45, 7) is 6.11. The number of rotatable bonds is 3. The molecular weight excluding hydrogens is 240 g/mol. The smallest absolute Gasteiger partial charge is 0.159 e. The lowest BCUT2D eigenvalue weighted by molar-refractivity contribution is 0.640. The Morgan fingerprint density at radius 1 is 1.19 bits per heavy atom. The van der Waals surface area contributed by atoms with Gasteiger partial charge in [0.15, 0.2) is 5.01 Å². The zero-order chi connectivity index (χ0) is 11.7. The lowest BCUT2D eigenvalue weighted by Crippen LogP contribution is -2.11. The van der Waals surface area contributed by atoms with Crippen molar-refractivity contribution in [2.24, 2.45) is 0 Å². The first-order valence-electron chi connectivity index (χ1n) is 5.07. The first-order valence-corrected chi connectivity index (χ1v) is 6.70. The predicted molar refractivity (Wildman–Crippen MR) is 68.0 cm³/mol. The van der Waals surface area contributed by atoms with Gasteiger partial charge in [0, 0.05) is 0 Å². The summed E-state index contributed by atoms with van der Waals surface area (Å²) in [5.74, 6) is 0. The van der Waals surface area contributed by atoms with Crippen LogP contribution in [-0.4, -0.2) is 22.2 Å². The topological polar surface area (TPSA) is 50.7 Å². The van der Waals surface area contributed by atoms with Crippen LogP contribution in [0, 0.1) is 13.8 Å². The molecule has 0 aliphatic carbocycles. The number of thiazole rings is 1. The summed E-state index contributed by atoms with van der Waals surface area (Å²) in [6.07, 6.45) is 0. The Kier molecular flexibility index (Phi) is 3.32. The van der Waals surface area contributed by atoms with E-state index in [9.17, 15) is 0 Å². The van der Waals surface area contributed by atoms with Crippen LogP contribution in [0.15, 0.2) is 0 Å². The standard InChI is InChI=1S/C10H14N4S2/c1-5-8(15-7(3)12-5)10-14-13-9(16-10)6(2)11-4/h6,11H,1-4H3. The number of nitrogens with one attached hydrogen (secondary N) is 1. The molecule has 1 atom stereocenters. The van der Waals surface area contributed by atoms with Gasteiger partial charge in [0.2, 0.25) is 0 Å². The molecule has 0 saturated heterocycles. The molecule has 0 aromatic carbocycles. The number of aromatic nitrogens is 3. The molecule has 1 N–H and O–H groups in total. The highest BCUT2D eigenvalue weighted by Crippen LogP contribution is 2.33. The van der Waals surface area contributed by atoms with E-state index >= 15 is 0 Å². The second-order valence-electron chi connectivity index (χ2n) is 3.60. The van der Waals surface area contributed by atoms with Gasteiger partial charge in [0.1, 0.15) is 5.01 Å². The zero-order valence-corrected chi connectivity index (χ0v) is 11.4. The summed E-state index contributed by atoms with van der Waals surface area (Å²) in [5.41, 5.74) is 1.04. The Balaban J connectivity index is 2.35. The van der Waals surface area contributed by atoms with Crippen LogP contribution in [0.2, 0.25) is 0 Å². The molecule has 0 bridgehead atoms. The summed E-state index contributed by atoms with van der Waals surface area (Å²) < 4.78 is 0. The van der Waals surface area contributed by atoms with Crippen molar-refractivity contribution >= 4 is 22.7 Å². The molecule has 2 aromatic rings. The van der Waals surface area contributed by atoms with Crippen molar-refractivity contribution in [1.82, 2.24) is 20.5 Å². The molecule has 0 saturated carbocycles. The molecule has 2 heterocycles. The number of hydrogen-bond donors (Lipinski definition) is 1. The number of nitrogens with zero attached hydrogens (tertiary/aromatic N) is 3. The van der Waals surface area contributed by atoms with E-state index in [1.807, 2.05) is 20.9 Å². The lowest BCUT2D eigenvalue weighted by Gasteiger charge is -2.02. The molecule has 0 amide bonds. The van der Waals surface area contributed by atoms with Crippen LogP contribution < -0.4 is 5.32 Å². The van der Waals surface area contributed by atoms with Gasteiger partial charge in [-0.25, -0.2) is 4.98 Å². The SMILES string of the molecule is CNC(C)c1nnc(-c2sc(C)nc2C)s1. The van der Waals surface area contributed by atoms with Crippen LogP contribution in [0.4, 0.5) is 0 Å². The zero-order valence-electron chi connectivity index (χ0n) is 9.74. The molecule has 6 heteroatoms. The second-order valence-corrected chi connectivity index (χ2v) is 5.82. The molecule has 2 rings (SSSR count). The third kappa shape index (κ3) is 2.14. The second kappa shape index (κ2) is 4.57. The summed E-state index contributed by atoms with van der Waals surface area (Å²) >= 11 is 3.31. The van der Waals surface area contributed by atoms with Crippen molar-refractivity contribution in [1.29, 1.82) is 0 Å². The minimum absolute atomic E-state index is 0.251. The van der Waals surface area contributed by atoms with Crippen LogP contribution in [0.1, 0.15) is 28.7 Å². The highest BCUT2D eigenvalue weighted by atomic mass is 32.1. The summed E-state index contributed by atoms with van der Waals surface area (Å²) in [7, 11) is 1.92. The van der Waals surface area contributed by atoms with E-state index in [0.717, 1.165) is 25.6 Å². The molecule has 0 aliphatic heterocycles. The maximum atomic E-state index is 4.40. The van der Waals surface area contributed by atoms with Crippen molar-refractivity contribution in [3.63, 3.8) is 0 Å². The third-order valence-corrected chi connectivity index (χ3v) is 4.67. The Morgan fingerprint density at radius 3 is 2.50 bits per heavy atom. The van der Waals surface area contributed by atoms with Gasteiger partial charge < -0.3 is 5.32 Å². The average Bonchev–Trinajstić information content (AvgIpc) is 2.83. The maximum absolute atomic E-state index is 4.40. The highest BCUT2D eigenvalue weighted by molar-refractivity contribution is 7.21. The van der Waals surface area contributed by atoms with Gasteiger partial charge in [-0.2, -0.15) is 0 Å². The fraction of sp³-hybridized carbons (Fsp3) is 0.500. The Morgan fingerprint density at radius 2 is 1.94 bits per heavy atom. The third-order valence-electron chi connectivity index (χ3n) is 2.34. The normalized spacial score (nSPS) is 13.0. The van der Waals surface area contributed by atoms with Crippen LogP contribution in [0.3, 0.4) is 0 Å². The highest BCUT2D eigenvalue weighted by Gasteiger charge is 2.15. The van der Waals surface area contributed by atoms with Crippen molar-refractivity contribution < 1.29 is 0 Å². The van der Waals surface area contributed by atoms with Gasteiger partial charge in [-0.05, 0) is 27.8 Å². The lowest BCUT2D eigenvalue weighted by atomic mass is 10.4. The van der Waals surface area contributed by atoms with Crippen molar-refractivity contribution in [3.05, 3.63) is 15.7 Å². The molecule has 1 unspecified atom stereocenters. The van der Waals surface area contributed by atoms with Crippen molar-refractivity contribution in [2.45, 2.75) is 26.8 Å². The van der Waals surface area contributed by atoms with Gasteiger partial charge in [-0.15, -0.1) is 21.5 Å². The Hall–Kier alpha value is -0.850. The van der Waals surface area contributed by atoms with E-state index in [0.29, 0.717) is 0 Å². The molecule has 0 fully saturated rings. The van der Waals surface area contributed by atoms with E-state index in [2.05, 4.69) is 27.4 Å². The van der Waals surface area contributed by atoms with Crippen LogP contribution in [-0.2, 0) is 0 Å². The van der Waals surface area contributed by atoms with E-state index < -0.39 is 0 Å².